The van der Waals surface area contributed by atoms with Crippen LogP contribution in [0.5, 0.6) is 0 Å². The van der Waals surface area contributed by atoms with Gasteiger partial charge in [-0.25, -0.2) is 9.07 Å². The number of amides is 2. The summed E-state index contributed by atoms with van der Waals surface area (Å²) in [5, 5.41) is 10.2. The lowest BCUT2D eigenvalue weighted by Gasteiger charge is -2.11. The fraction of sp³-hybridized carbons (Fsp3) is 0.158. The predicted octanol–water partition coefficient (Wildman–Crippen LogP) is 2.44. The number of nitrogens with one attached hydrogen (secondary N) is 2. The zero-order valence-electron chi connectivity index (χ0n) is 14.7. The molecule has 2 amide bonds. The molecule has 1 aromatic heterocycles. The molecule has 0 unspecified atom stereocenters. The Kier molecular flexibility index (Phi) is 4.98. The lowest BCUT2D eigenvalue weighted by molar-refractivity contribution is -0.117. The van der Waals surface area contributed by atoms with Crippen molar-refractivity contribution < 1.29 is 14.0 Å². The van der Waals surface area contributed by atoms with Gasteiger partial charge >= 0.3 is 0 Å². The van der Waals surface area contributed by atoms with Gasteiger partial charge in [0.15, 0.2) is 0 Å². The van der Waals surface area contributed by atoms with E-state index in [1.54, 1.807) is 31.2 Å². The first kappa shape index (κ1) is 18.2. The molecule has 2 aromatic carbocycles. The Labute approximate surface area is 153 Å². The van der Waals surface area contributed by atoms with Crippen LogP contribution < -0.4 is 16.2 Å². The molecule has 8 heteroatoms. The molecule has 0 saturated carbocycles. The molecule has 7 nitrogen and oxygen atoms in total. The van der Waals surface area contributed by atoms with Crippen molar-refractivity contribution in [3.63, 3.8) is 0 Å². The van der Waals surface area contributed by atoms with E-state index in [1.807, 2.05) is 0 Å². The number of halogens is 1. The second kappa shape index (κ2) is 7.36. The van der Waals surface area contributed by atoms with Crippen molar-refractivity contribution >= 4 is 34.0 Å². The summed E-state index contributed by atoms with van der Waals surface area (Å²) in [6, 6.07) is 10.8. The summed E-state index contributed by atoms with van der Waals surface area (Å²) in [7, 11) is 0. The van der Waals surface area contributed by atoms with Gasteiger partial charge in [0, 0.05) is 18.0 Å². The Balaban J connectivity index is 1.85. The maximum Gasteiger partial charge on any atom is 0.275 e. The van der Waals surface area contributed by atoms with Crippen LogP contribution in [0, 0.1) is 12.7 Å². The van der Waals surface area contributed by atoms with Gasteiger partial charge in [-0.05, 0) is 31.2 Å². The van der Waals surface area contributed by atoms with E-state index >= 15 is 0 Å². The third kappa shape index (κ3) is 4.00. The Morgan fingerprint density at radius 3 is 2.52 bits per heavy atom. The molecular weight excluding hydrogens is 351 g/mol. The zero-order valence-corrected chi connectivity index (χ0v) is 14.7. The molecule has 27 heavy (non-hydrogen) atoms. The van der Waals surface area contributed by atoms with Crippen LogP contribution in [-0.2, 0) is 16.1 Å². The van der Waals surface area contributed by atoms with Gasteiger partial charge in [-0.1, -0.05) is 18.2 Å². The minimum absolute atomic E-state index is 0.100. The number of aryl methyl sites for hydroxylation is 1. The summed E-state index contributed by atoms with van der Waals surface area (Å²) in [4.78, 5) is 35.9. The summed E-state index contributed by atoms with van der Waals surface area (Å²) < 4.78 is 15.0. The molecule has 0 radical (unpaired) electrons. The summed E-state index contributed by atoms with van der Waals surface area (Å²) in [6.07, 6.45) is 0. The van der Waals surface area contributed by atoms with Crippen LogP contribution in [0.25, 0.3) is 10.8 Å². The number of carbonyl (C=O) groups is 2. The van der Waals surface area contributed by atoms with Crippen LogP contribution in [0.4, 0.5) is 15.8 Å². The zero-order chi connectivity index (χ0) is 19.6. The molecule has 0 aliphatic heterocycles. The number of hydrogen-bond acceptors (Lipinski definition) is 4. The topological polar surface area (TPSA) is 93.1 Å². The molecule has 3 aromatic rings. The molecule has 2 N–H and O–H groups in total. The first-order valence-corrected chi connectivity index (χ1v) is 8.18. The van der Waals surface area contributed by atoms with E-state index in [9.17, 15) is 18.8 Å². The van der Waals surface area contributed by atoms with E-state index in [-0.39, 0.29) is 18.1 Å². The Morgan fingerprint density at radius 1 is 1.11 bits per heavy atom. The SMILES string of the molecule is CC(=O)Nc1ccc(F)c(NC(=O)Cn2nc(C)c3ccccc3c2=O)c1. The minimum Gasteiger partial charge on any atom is -0.326 e. The molecule has 0 aliphatic rings. The number of nitrogens with zero attached hydrogens (tertiary/aromatic N) is 2. The first-order valence-electron chi connectivity index (χ1n) is 8.18. The van der Waals surface area contributed by atoms with Crippen LogP contribution in [0.2, 0.25) is 0 Å². The Bertz CT molecular complexity index is 1110. The number of aromatic nitrogens is 2. The molecule has 0 aliphatic carbocycles. The van der Waals surface area contributed by atoms with Crippen LogP contribution in [0.1, 0.15) is 12.6 Å². The number of fused-ring (bicyclic) bond motifs is 1. The smallest absolute Gasteiger partial charge is 0.275 e. The number of rotatable bonds is 4. The Morgan fingerprint density at radius 2 is 1.81 bits per heavy atom. The monoisotopic (exact) mass is 368 g/mol. The van der Waals surface area contributed by atoms with Gasteiger partial charge in [-0.2, -0.15) is 5.10 Å². The molecule has 1 heterocycles. The summed E-state index contributed by atoms with van der Waals surface area (Å²) >= 11 is 0. The molecule has 0 atom stereocenters. The van der Waals surface area contributed by atoms with E-state index < -0.39 is 17.3 Å². The molecule has 0 bridgehead atoms. The maximum absolute atomic E-state index is 13.9. The van der Waals surface area contributed by atoms with Gasteiger partial charge in [0.1, 0.15) is 12.4 Å². The van der Waals surface area contributed by atoms with E-state index in [1.165, 1.54) is 19.1 Å². The minimum atomic E-state index is -0.660. The van der Waals surface area contributed by atoms with Crippen LogP contribution in [0.15, 0.2) is 47.3 Å². The highest BCUT2D eigenvalue weighted by atomic mass is 19.1. The van der Waals surface area contributed by atoms with E-state index in [0.717, 1.165) is 10.7 Å². The summed E-state index contributed by atoms with van der Waals surface area (Å²) in [5.41, 5.74) is 0.448. The first-order chi connectivity index (χ1) is 12.8. The van der Waals surface area contributed by atoms with E-state index in [2.05, 4.69) is 15.7 Å². The molecular formula is C19H17FN4O3. The number of carbonyl (C=O) groups excluding carboxylic acids is 2. The third-order valence-corrected chi connectivity index (χ3v) is 3.91. The largest absolute Gasteiger partial charge is 0.326 e. The average molecular weight is 368 g/mol. The van der Waals surface area contributed by atoms with Crippen molar-refractivity contribution in [2.45, 2.75) is 20.4 Å². The van der Waals surface area contributed by atoms with Gasteiger partial charge in [0.25, 0.3) is 5.56 Å². The van der Waals surface area contributed by atoms with E-state index in [0.29, 0.717) is 22.2 Å². The van der Waals surface area contributed by atoms with Gasteiger partial charge in [-0.15, -0.1) is 0 Å². The van der Waals surface area contributed by atoms with Gasteiger partial charge < -0.3 is 10.6 Å². The van der Waals surface area contributed by atoms with Crippen LogP contribution >= 0.6 is 0 Å². The maximum atomic E-state index is 13.9. The molecule has 0 saturated heterocycles. The summed E-state index contributed by atoms with van der Waals surface area (Å²) in [6.45, 7) is 2.70. The highest BCUT2D eigenvalue weighted by Crippen LogP contribution is 2.20. The van der Waals surface area contributed by atoms with E-state index in [4.69, 9.17) is 0 Å². The molecule has 0 fully saturated rings. The molecule has 138 valence electrons. The van der Waals surface area contributed by atoms with Crippen molar-refractivity contribution in [3.05, 3.63) is 64.3 Å². The third-order valence-electron chi connectivity index (χ3n) is 3.91. The highest BCUT2D eigenvalue weighted by Gasteiger charge is 2.13. The second-order valence-electron chi connectivity index (χ2n) is 6.02. The summed E-state index contributed by atoms with van der Waals surface area (Å²) in [5.74, 6) is -1.59. The lowest BCUT2D eigenvalue weighted by Crippen LogP contribution is -2.30. The quantitative estimate of drug-likeness (QED) is 0.740. The van der Waals surface area contributed by atoms with Crippen LogP contribution in [-0.4, -0.2) is 21.6 Å². The van der Waals surface area contributed by atoms with Crippen LogP contribution in [0.3, 0.4) is 0 Å². The Hall–Kier alpha value is -3.55. The highest BCUT2D eigenvalue weighted by molar-refractivity contribution is 5.93. The fourth-order valence-electron chi connectivity index (χ4n) is 2.74. The molecule has 3 rings (SSSR count). The van der Waals surface area contributed by atoms with Gasteiger partial charge in [0.2, 0.25) is 11.8 Å². The van der Waals surface area contributed by atoms with Crippen molar-refractivity contribution in [2.75, 3.05) is 10.6 Å². The number of anilines is 2. The number of hydrogen-bond donors (Lipinski definition) is 2. The van der Waals surface area contributed by atoms with Crippen molar-refractivity contribution in [1.82, 2.24) is 9.78 Å². The van der Waals surface area contributed by atoms with Crippen molar-refractivity contribution in [3.8, 4) is 0 Å². The molecule has 0 spiro atoms. The standard InChI is InChI=1S/C19H17FN4O3/c1-11-14-5-3-4-6-15(14)19(27)24(23-11)10-18(26)22-17-9-13(21-12(2)25)7-8-16(17)20/h3-9H,10H2,1-2H3,(H,21,25)(H,22,26). The van der Waals surface area contributed by atoms with Crippen molar-refractivity contribution in [2.24, 2.45) is 0 Å². The lowest BCUT2D eigenvalue weighted by atomic mass is 10.1. The van der Waals surface area contributed by atoms with Gasteiger partial charge in [0.05, 0.1) is 16.8 Å². The van der Waals surface area contributed by atoms with Crippen molar-refractivity contribution in [1.29, 1.82) is 0 Å². The van der Waals surface area contributed by atoms with Gasteiger partial charge in [-0.3, -0.25) is 14.4 Å². The predicted molar refractivity (Wildman–Crippen MR) is 100 cm³/mol. The second-order valence-corrected chi connectivity index (χ2v) is 6.02. The average Bonchev–Trinajstić information content (AvgIpc) is 2.62. The normalized spacial score (nSPS) is 10.6. The fourth-order valence-corrected chi connectivity index (χ4v) is 2.74. The number of benzene rings is 2.